The number of hydrogen-bond acceptors (Lipinski definition) is 5. The van der Waals surface area contributed by atoms with E-state index in [9.17, 15) is 5.11 Å². The lowest BCUT2D eigenvalue weighted by Crippen LogP contribution is -2.35. The molecule has 26 heavy (non-hydrogen) atoms. The van der Waals surface area contributed by atoms with Crippen LogP contribution in [0.4, 0.5) is 11.5 Å². The van der Waals surface area contributed by atoms with Gasteiger partial charge >= 0.3 is 0 Å². The number of anilines is 2. The van der Waals surface area contributed by atoms with Crippen LogP contribution in [0.1, 0.15) is 18.1 Å². The van der Waals surface area contributed by atoms with Gasteiger partial charge in [0.1, 0.15) is 5.82 Å². The first-order valence-electron chi connectivity index (χ1n) is 9.14. The molecule has 2 N–H and O–H groups in total. The second-order valence-electron chi connectivity index (χ2n) is 7.11. The van der Waals surface area contributed by atoms with Gasteiger partial charge in [-0.3, -0.25) is 9.88 Å². The largest absolute Gasteiger partial charge is 0.396 e. The van der Waals surface area contributed by atoms with Gasteiger partial charge in [0, 0.05) is 43.4 Å². The molecule has 0 radical (unpaired) electrons. The zero-order chi connectivity index (χ0) is 17.9. The summed E-state index contributed by atoms with van der Waals surface area (Å²) in [6.07, 6.45) is 4.70. The topological polar surface area (TPSA) is 61.3 Å². The third kappa shape index (κ3) is 3.54. The predicted octanol–water partition coefficient (Wildman–Crippen LogP) is 3.36. The van der Waals surface area contributed by atoms with E-state index in [4.69, 9.17) is 0 Å². The summed E-state index contributed by atoms with van der Waals surface area (Å²) in [4.78, 5) is 11.5. The molecule has 5 nitrogen and oxygen atoms in total. The van der Waals surface area contributed by atoms with Gasteiger partial charge < -0.3 is 10.4 Å². The molecule has 0 unspecified atom stereocenters. The fraction of sp³-hybridized carbons (Fsp3) is 0.333. The maximum Gasteiger partial charge on any atom is 0.133 e. The van der Waals surface area contributed by atoms with Crippen molar-refractivity contribution in [2.45, 2.75) is 19.9 Å². The van der Waals surface area contributed by atoms with Gasteiger partial charge in [0.15, 0.2) is 0 Å². The molecule has 3 heterocycles. The first kappa shape index (κ1) is 16.9. The molecule has 1 aliphatic heterocycles. The van der Waals surface area contributed by atoms with E-state index in [0.717, 1.165) is 48.5 Å². The number of benzene rings is 1. The third-order valence-corrected chi connectivity index (χ3v) is 4.96. The number of para-hydroxylation sites is 1. The Morgan fingerprint density at radius 2 is 2.12 bits per heavy atom. The number of fused-ring (bicyclic) bond motifs is 2. The highest BCUT2D eigenvalue weighted by molar-refractivity contribution is 5.82. The molecule has 4 rings (SSSR count). The van der Waals surface area contributed by atoms with Crippen molar-refractivity contribution in [3.8, 4) is 0 Å². The highest BCUT2D eigenvalue weighted by atomic mass is 16.3. The first-order chi connectivity index (χ1) is 12.7. The standard InChI is InChI=1S/C21H24N4O/c1-15(14-26)12-25-9-7-19-17(13-25)6-8-22-21(19)24-18-10-16-4-2-3-5-20(16)23-11-18/h2-6,8,10-11,15,26H,7,9,12-14H2,1H3,(H,22,24)/t15-/m1/s1. The van der Waals surface area contributed by atoms with Gasteiger partial charge in [0.25, 0.3) is 0 Å². The summed E-state index contributed by atoms with van der Waals surface area (Å²) in [6, 6.07) is 12.3. The van der Waals surface area contributed by atoms with Gasteiger partial charge in [0.2, 0.25) is 0 Å². The fourth-order valence-corrected chi connectivity index (χ4v) is 3.59. The number of nitrogens with one attached hydrogen (secondary N) is 1. The molecule has 0 bridgehead atoms. The van der Waals surface area contributed by atoms with Gasteiger partial charge in [-0.05, 0) is 36.1 Å². The van der Waals surface area contributed by atoms with Crippen molar-refractivity contribution in [2.75, 3.05) is 25.0 Å². The number of aliphatic hydroxyl groups excluding tert-OH is 1. The Labute approximate surface area is 153 Å². The van der Waals surface area contributed by atoms with Gasteiger partial charge in [-0.2, -0.15) is 0 Å². The molecule has 0 amide bonds. The predicted molar refractivity (Wildman–Crippen MR) is 104 cm³/mol. The van der Waals surface area contributed by atoms with Gasteiger partial charge in [-0.15, -0.1) is 0 Å². The molecule has 1 aliphatic rings. The third-order valence-electron chi connectivity index (χ3n) is 4.96. The van der Waals surface area contributed by atoms with Crippen LogP contribution in [-0.4, -0.2) is 39.7 Å². The Morgan fingerprint density at radius 1 is 1.23 bits per heavy atom. The van der Waals surface area contributed by atoms with E-state index in [1.807, 2.05) is 30.6 Å². The molecule has 3 aromatic rings. The molecule has 0 saturated heterocycles. The van der Waals surface area contributed by atoms with E-state index in [1.165, 1.54) is 11.1 Å². The van der Waals surface area contributed by atoms with Crippen LogP contribution < -0.4 is 5.32 Å². The molecule has 1 aromatic carbocycles. The molecular formula is C21H24N4O. The van der Waals surface area contributed by atoms with E-state index >= 15 is 0 Å². The van der Waals surface area contributed by atoms with Crippen molar-refractivity contribution >= 4 is 22.4 Å². The van der Waals surface area contributed by atoms with Crippen molar-refractivity contribution in [2.24, 2.45) is 5.92 Å². The first-order valence-corrected chi connectivity index (χ1v) is 9.14. The van der Waals surface area contributed by atoms with E-state index in [2.05, 4.69) is 45.3 Å². The number of aromatic nitrogens is 2. The Bertz CT molecular complexity index is 911. The zero-order valence-electron chi connectivity index (χ0n) is 15.0. The minimum absolute atomic E-state index is 0.238. The molecule has 134 valence electrons. The summed E-state index contributed by atoms with van der Waals surface area (Å²) in [5.41, 5.74) is 4.55. The summed E-state index contributed by atoms with van der Waals surface area (Å²) in [5.74, 6) is 1.23. The lowest BCUT2D eigenvalue weighted by atomic mass is 9.99. The Balaban J connectivity index is 1.55. The number of hydrogen-bond donors (Lipinski definition) is 2. The van der Waals surface area contributed by atoms with Gasteiger partial charge in [-0.1, -0.05) is 25.1 Å². The molecular weight excluding hydrogens is 324 g/mol. The summed E-state index contributed by atoms with van der Waals surface area (Å²) >= 11 is 0. The Hall–Kier alpha value is -2.50. The maximum atomic E-state index is 9.29. The molecule has 0 fully saturated rings. The molecule has 0 spiro atoms. The number of nitrogens with zero attached hydrogens (tertiary/aromatic N) is 3. The molecule has 2 aromatic heterocycles. The minimum atomic E-state index is 0.238. The Kier molecular flexibility index (Phi) is 4.82. The summed E-state index contributed by atoms with van der Waals surface area (Å²) in [6.45, 7) is 5.15. The molecule has 1 atom stereocenters. The lowest BCUT2D eigenvalue weighted by Gasteiger charge is -2.31. The molecule has 0 saturated carbocycles. The number of pyridine rings is 2. The SMILES string of the molecule is C[C@@H](CO)CN1CCc2c(ccnc2Nc2cnc3ccccc3c2)C1. The van der Waals surface area contributed by atoms with Gasteiger partial charge in [0.05, 0.1) is 17.4 Å². The quantitative estimate of drug-likeness (QED) is 0.740. The van der Waals surface area contributed by atoms with Crippen LogP contribution in [0.3, 0.4) is 0 Å². The maximum absolute atomic E-state index is 9.29. The van der Waals surface area contributed by atoms with Crippen molar-refractivity contribution in [3.05, 3.63) is 59.9 Å². The van der Waals surface area contributed by atoms with Crippen LogP contribution in [0.2, 0.25) is 0 Å². The van der Waals surface area contributed by atoms with Gasteiger partial charge in [-0.25, -0.2) is 4.98 Å². The van der Waals surface area contributed by atoms with Crippen LogP contribution in [0, 0.1) is 5.92 Å². The van der Waals surface area contributed by atoms with Crippen LogP contribution in [-0.2, 0) is 13.0 Å². The normalized spacial score (nSPS) is 15.6. The van der Waals surface area contributed by atoms with Crippen LogP contribution in [0.25, 0.3) is 10.9 Å². The van der Waals surface area contributed by atoms with Crippen molar-refractivity contribution in [1.29, 1.82) is 0 Å². The average Bonchev–Trinajstić information content (AvgIpc) is 2.68. The van der Waals surface area contributed by atoms with E-state index in [1.54, 1.807) is 0 Å². The Morgan fingerprint density at radius 3 is 3.00 bits per heavy atom. The second-order valence-corrected chi connectivity index (χ2v) is 7.11. The van der Waals surface area contributed by atoms with Crippen LogP contribution in [0.15, 0.2) is 48.8 Å². The summed E-state index contributed by atoms with van der Waals surface area (Å²) in [7, 11) is 0. The highest BCUT2D eigenvalue weighted by Gasteiger charge is 2.20. The van der Waals surface area contributed by atoms with E-state index < -0.39 is 0 Å². The number of rotatable bonds is 5. The lowest BCUT2D eigenvalue weighted by molar-refractivity contribution is 0.164. The van der Waals surface area contributed by atoms with E-state index in [0.29, 0.717) is 5.92 Å². The number of aliphatic hydroxyl groups is 1. The fourth-order valence-electron chi connectivity index (χ4n) is 3.59. The van der Waals surface area contributed by atoms with Crippen molar-refractivity contribution < 1.29 is 5.11 Å². The van der Waals surface area contributed by atoms with Crippen molar-refractivity contribution in [1.82, 2.24) is 14.9 Å². The van der Waals surface area contributed by atoms with E-state index in [-0.39, 0.29) is 6.61 Å². The highest BCUT2D eigenvalue weighted by Crippen LogP contribution is 2.27. The van der Waals surface area contributed by atoms with Crippen molar-refractivity contribution in [3.63, 3.8) is 0 Å². The average molecular weight is 348 g/mol. The molecule has 5 heteroatoms. The van der Waals surface area contributed by atoms with Crippen LogP contribution in [0.5, 0.6) is 0 Å². The summed E-state index contributed by atoms with van der Waals surface area (Å²) < 4.78 is 0. The zero-order valence-corrected chi connectivity index (χ0v) is 15.0. The summed E-state index contributed by atoms with van der Waals surface area (Å²) in [5, 5.41) is 13.9. The second kappa shape index (κ2) is 7.40. The smallest absolute Gasteiger partial charge is 0.133 e. The monoisotopic (exact) mass is 348 g/mol. The van der Waals surface area contributed by atoms with Crippen LogP contribution >= 0.6 is 0 Å². The molecule has 0 aliphatic carbocycles. The minimum Gasteiger partial charge on any atom is -0.396 e.